The third-order valence-electron chi connectivity index (χ3n) is 3.65. The van der Waals surface area contributed by atoms with Crippen molar-refractivity contribution in [2.75, 3.05) is 24.8 Å². The molecular weight excluding hydrogens is 354 g/mol. The van der Waals surface area contributed by atoms with Crippen LogP contribution in [0.5, 0.6) is 0 Å². The van der Waals surface area contributed by atoms with Gasteiger partial charge in [-0.15, -0.1) is 5.10 Å². The number of nitrogens with zero attached hydrogens (tertiary/aromatic N) is 4. The summed E-state index contributed by atoms with van der Waals surface area (Å²) < 4.78 is 12.6. The molecule has 8 nitrogen and oxygen atoms in total. The number of thioether (sulfide) groups is 1. The zero-order valence-electron chi connectivity index (χ0n) is 14.9. The Morgan fingerprint density at radius 3 is 2.88 bits per heavy atom. The van der Waals surface area contributed by atoms with Crippen LogP contribution < -0.4 is 5.32 Å². The van der Waals surface area contributed by atoms with Gasteiger partial charge in [0.25, 0.3) is 0 Å². The van der Waals surface area contributed by atoms with Crippen molar-refractivity contribution in [3.05, 3.63) is 30.2 Å². The average molecular weight is 375 g/mol. The Labute approximate surface area is 155 Å². The number of aromatic nitrogens is 4. The molecule has 1 N–H and O–H groups in total. The largest absolute Gasteiger partial charge is 0.408 e. The minimum Gasteiger partial charge on any atom is -0.408 e. The lowest BCUT2D eigenvalue weighted by atomic mass is 10.2. The maximum atomic E-state index is 12.2. The molecule has 0 radical (unpaired) electrons. The molecule has 0 fully saturated rings. The van der Waals surface area contributed by atoms with Gasteiger partial charge in [0.2, 0.25) is 11.8 Å². The summed E-state index contributed by atoms with van der Waals surface area (Å²) in [7, 11) is 1.66. The Balaban J connectivity index is 1.67. The van der Waals surface area contributed by atoms with Crippen molar-refractivity contribution in [1.82, 2.24) is 19.7 Å². The van der Waals surface area contributed by atoms with Crippen LogP contribution in [0.15, 0.2) is 33.8 Å². The van der Waals surface area contributed by atoms with E-state index in [1.807, 2.05) is 38.1 Å². The van der Waals surface area contributed by atoms with Crippen molar-refractivity contribution in [1.29, 1.82) is 0 Å². The van der Waals surface area contributed by atoms with E-state index in [1.165, 1.54) is 11.8 Å². The summed E-state index contributed by atoms with van der Waals surface area (Å²) in [6.45, 7) is 5.13. The molecule has 0 aliphatic carbocycles. The van der Waals surface area contributed by atoms with Crippen LogP contribution in [0.2, 0.25) is 0 Å². The van der Waals surface area contributed by atoms with Crippen molar-refractivity contribution in [3.8, 4) is 0 Å². The summed E-state index contributed by atoms with van der Waals surface area (Å²) in [5, 5.41) is 11.1. The lowest BCUT2D eigenvalue weighted by molar-refractivity contribution is -0.113. The predicted octanol–water partition coefficient (Wildman–Crippen LogP) is 2.92. The first kappa shape index (κ1) is 18.4. The lowest BCUT2D eigenvalue weighted by Gasteiger charge is -2.07. The summed E-state index contributed by atoms with van der Waals surface area (Å²) in [6.07, 6.45) is 0. The van der Waals surface area contributed by atoms with Gasteiger partial charge in [0.05, 0.1) is 23.4 Å². The van der Waals surface area contributed by atoms with Gasteiger partial charge in [0.15, 0.2) is 5.16 Å². The molecular formula is C17H21N5O3S. The molecule has 0 atom stereocenters. The average Bonchev–Trinajstić information content (AvgIpc) is 3.22. The summed E-state index contributed by atoms with van der Waals surface area (Å²) in [4.78, 5) is 16.8. The number of para-hydroxylation sites is 2. The SMILES string of the molecule is COCCn1c(SCC(=O)Nc2nnc(C(C)C)o2)nc2ccccc21. The minimum atomic E-state index is -0.223. The molecule has 1 aromatic carbocycles. The minimum absolute atomic E-state index is 0.114. The van der Waals surface area contributed by atoms with Gasteiger partial charge >= 0.3 is 6.01 Å². The van der Waals surface area contributed by atoms with E-state index in [1.54, 1.807) is 7.11 Å². The Morgan fingerprint density at radius 1 is 1.35 bits per heavy atom. The summed E-state index contributed by atoms with van der Waals surface area (Å²) in [6, 6.07) is 7.99. The molecule has 0 aliphatic rings. The highest BCUT2D eigenvalue weighted by Crippen LogP contribution is 2.24. The number of carbonyl (C=O) groups excluding carboxylic acids is 1. The maximum Gasteiger partial charge on any atom is 0.322 e. The fraction of sp³-hybridized carbons (Fsp3) is 0.412. The molecule has 3 rings (SSSR count). The van der Waals surface area contributed by atoms with Gasteiger partial charge in [-0.05, 0) is 12.1 Å². The molecule has 3 aromatic rings. The molecule has 2 aromatic heterocycles. The molecule has 0 saturated carbocycles. The second kappa shape index (κ2) is 8.33. The Morgan fingerprint density at radius 2 is 2.15 bits per heavy atom. The number of imidazole rings is 1. The summed E-state index contributed by atoms with van der Waals surface area (Å²) >= 11 is 1.36. The number of hydrogen-bond donors (Lipinski definition) is 1. The molecule has 9 heteroatoms. The standard InChI is InChI=1S/C17H21N5O3S/c1-11(2)15-20-21-16(25-15)19-14(23)10-26-17-18-12-6-4-5-7-13(12)22(17)8-9-24-3/h4-7,11H,8-10H2,1-3H3,(H,19,21,23). The number of ether oxygens (including phenoxy) is 1. The molecule has 0 bridgehead atoms. The van der Waals surface area contributed by atoms with Crippen molar-refractivity contribution >= 4 is 34.7 Å². The van der Waals surface area contributed by atoms with Crippen molar-refractivity contribution in [2.24, 2.45) is 0 Å². The van der Waals surface area contributed by atoms with Crippen molar-refractivity contribution in [2.45, 2.75) is 31.5 Å². The molecule has 0 saturated heterocycles. The Kier molecular flexibility index (Phi) is 5.89. The van der Waals surface area contributed by atoms with Crippen LogP contribution in [0, 0.1) is 0 Å². The van der Waals surface area contributed by atoms with Crippen LogP contribution in [0.25, 0.3) is 11.0 Å². The van der Waals surface area contributed by atoms with Crippen LogP contribution in [-0.2, 0) is 16.1 Å². The highest BCUT2D eigenvalue weighted by molar-refractivity contribution is 7.99. The van der Waals surface area contributed by atoms with E-state index in [0.717, 1.165) is 16.2 Å². The van der Waals surface area contributed by atoms with Crippen LogP contribution in [-0.4, -0.2) is 45.1 Å². The monoisotopic (exact) mass is 375 g/mol. The van der Waals surface area contributed by atoms with Gasteiger partial charge in [-0.3, -0.25) is 10.1 Å². The first-order valence-corrected chi connectivity index (χ1v) is 9.27. The van der Waals surface area contributed by atoms with Crippen LogP contribution in [0.4, 0.5) is 6.01 Å². The van der Waals surface area contributed by atoms with Crippen LogP contribution >= 0.6 is 11.8 Å². The number of carbonyl (C=O) groups is 1. The van der Waals surface area contributed by atoms with E-state index in [2.05, 4.69) is 25.1 Å². The number of methoxy groups -OCH3 is 1. The van der Waals surface area contributed by atoms with E-state index in [-0.39, 0.29) is 23.6 Å². The molecule has 138 valence electrons. The fourth-order valence-electron chi connectivity index (χ4n) is 2.37. The number of benzene rings is 1. The van der Waals surface area contributed by atoms with E-state index < -0.39 is 0 Å². The van der Waals surface area contributed by atoms with E-state index >= 15 is 0 Å². The van der Waals surface area contributed by atoms with Gasteiger partial charge in [-0.1, -0.05) is 42.8 Å². The first-order chi connectivity index (χ1) is 12.6. The quantitative estimate of drug-likeness (QED) is 0.605. The van der Waals surface area contributed by atoms with Gasteiger partial charge in [0.1, 0.15) is 0 Å². The maximum absolute atomic E-state index is 12.2. The Hall–Kier alpha value is -2.39. The topological polar surface area (TPSA) is 95.1 Å². The summed E-state index contributed by atoms with van der Waals surface area (Å²) in [5.41, 5.74) is 1.91. The highest BCUT2D eigenvalue weighted by Gasteiger charge is 2.15. The fourth-order valence-corrected chi connectivity index (χ4v) is 3.21. The van der Waals surface area contributed by atoms with Gasteiger partial charge < -0.3 is 13.7 Å². The molecule has 0 unspecified atom stereocenters. The van der Waals surface area contributed by atoms with E-state index in [0.29, 0.717) is 19.0 Å². The Bertz CT molecular complexity index is 890. The number of fused-ring (bicyclic) bond motifs is 1. The third-order valence-corrected chi connectivity index (χ3v) is 4.63. The van der Waals surface area contributed by atoms with Crippen LogP contribution in [0.1, 0.15) is 25.7 Å². The van der Waals surface area contributed by atoms with Gasteiger partial charge in [-0.25, -0.2) is 4.98 Å². The van der Waals surface area contributed by atoms with Gasteiger partial charge in [-0.2, -0.15) is 0 Å². The number of amides is 1. The smallest absolute Gasteiger partial charge is 0.322 e. The molecule has 0 spiro atoms. The van der Waals surface area contributed by atoms with Crippen LogP contribution in [0.3, 0.4) is 0 Å². The molecule has 2 heterocycles. The molecule has 1 amide bonds. The number of nitrogens with one attached hydrogen (secondary N) is 1. The number of rotatable bonds is 8. The predicted molar refractivity (Wildman–Crippen MR) is 99.3 cm³/mol. The zero-order valence-corrected chi connectivity index (χ0v) is 15.7. The first-order valence-electron chi connectivity index (χ1n) is 8.28. The number of anilines is 1. The van der Waals surface area contributed by atoms with Crippen molar-refractivity contribution < 1.29 is 13.9 Å². The lowest BCUT2D eigenvalue weighted by Crippen LogP contribution is -2.15. The second-order valence-electron chi connectivity index (χ2n) is 5.96. The molecule has 0 aliphatic heterocycles. The summed E-state index contributed by atoms with van der Waals surface area (Å²) in [5.74, 6) is 0.576. The second-order valence-corrected chi connectivity index (χ2v) is 6.91. The van der Waals surface area contributed by atoms with E-state index in [9.17, 15) is 4.79 Å². The van der Waals surface area contributed by atoms with Crippen molar-refractivity contribution in [3.63, 3.8) is 0 Å². The van der Waals surface area contributed by atoms with E-state index in [4.69, 9.17) is 9.15 Å². The zero-order chi connectivity index (χ0) is 18.5. The normalized spacial score (nSPS) is 11.4. The number of hydrogen-bond acceptors (Lipinski definition) is 7. The molecule has 26 heavy (non-hydrogen) atoms. The van der Waals surface area contributed by atoms with Gasteiger partial charge in [0, 0.05) is 19.6 Å². The third kappa shape index (κ3) is 4.23. The highest BCUT2D eigenvalue weighted by atomic mass is 32.2.